The normalized spacial score (nSPS) is 26.7. The first kappa shape index (κ1) is 12.5. The van der Waals surface area contributed by atoms with Gasteiger partial charge in [0.1, 0.15) is 5.60 Å². The number of aliphatic hydroxyl groups excluding tert-OH is 1. The molecular formula is C12H22O3. The maximum Gasteiger partial charge on any atom is 0.306 e. The molecule has 15 heavy (non-hydrogen) atoms. The molecule has 0 radical (unpaired) electrons. The number of carbonyl (C=O) groups is 1. The fourth-order valence-electron chi connectivity index (χ4n) is 2.15. The molecule has 1 unspecified atom stereocenters. The van der Waals surface area contributed by atoms with Crippen LogP contribution in [0.3, 0.4) is 0 Å². The predicted molar refractivity (Wildman–Crippen MR) is 58.4 cm³/mol. The number of carbonyl (C=O) groups excluding carboxylic acids is 1. The molecule has 0 aromatic carbocycles. The number of hydrogen-bond acceptors (Lipinski definition) is 3. The van der Waals surface area contributed by atoms with Crippen LogP contribution in [0.25, 0.3) is 0 Å². The number of ether oxygens (including phenoxy) is 1. The molecule has 0 amide bonds. The monoisotopic (exact) mass is 214 g/mol. The van der Waals surface area contributed by atoms with Crippen molar-refractivity contribution in [1.29, 1.82) is 0 Å². The maximum absolute atomic E-state index is 11.5. The van der Waals surface area contributed by atoms with Crippen LogP contribution in [0.5, 0.6) is 0 Å². The highest BCUT2D eigenvalue weighted by Gasteiger charge is 2.27. The van der Waals surface area contributed by atoms with Gasteiger partial charge < -0.3 is 9.84 Å². The molecule has 1 fully saturated rings. The van der Waals surface area contributed by atoms with Gasteiger partial charge in [-0.2, -0.15) is 0 Å². The third kappa shape index (κ3) is 4.65. The van der Waals surface area contributed by atoms with Crippen molar-refractivity contribution in [3.05, 3.63) is 0 Å². The molecule has 3 nitrogen and oxygen atoms in total. The summed E-state index contributed by atoms with van der Waals surface area (Å²) < 4.78 is 5.27. The molecule has 0 aromatic rings. The van der Waals surface area contributed by atoms with E-state index in [1.165, 1.54) is 0 Å². The molecule has 1 aliphatic rings. The number of rotatable bonds is 3. The average Bonchev–Trinajstić information content (AvgIpc) is 2.48. The first-order valence-corrected chi connectivity index (χ1v) is 5.73. The lowest BCUT2D eigenvalue weighted by molar-refractivity contribution is -0.155. The largest absolute Gasteiger partial charge is 0.460 e. The Morgan fingerprint density at radius 2 is 1.93 bits per heavy atom. The van der Waals surface area contributed by atoms with E-state index < -0.39 is 0 Å². The molecule has 0 spiro atoms. The van der Waals surface area contributed by atoms with Crippen LogP contribution in [0.2, 0.25) is 0 Å². The van der Waals surface area contributed by atoms with E-state index in [0.29, 0.717) is 18.3 Å². The summed E-state index contributed by atoms with van der Waals surface area (Å²) in [5.41, 5.74) is -0.383. The molecular weight excluding hydrogens is 192 g/mol. The summed E-state index contributed by atoms with van der Waals surface area (Å²) in [7, 11) is 0. The van der Waals surface area contributed by atoms with Crippen LogP contribution in [-0.4, -0.2) is 23.3 Å². The van der Waals surface area contributed by atoms with E-state index in [-0.39, 0.29) is 18.2 Å². The van der Waals surface area contributed by atoms with Gasteiger partial charge in [0.25, 0.3) is 0 Å². The van der Waals surface area contributed by atoms with E-state index >= 15 is 0 Å². The number of esters is 1. The van der Waals surface area contributed by atoms with Crippen LogP contribution < -0.4 is 0 Å². The van der Waals surface area contributed by atoms with Crippen molar-refractivity contribution in [2.75, 3.05) is 6.61 Å². The third-order valence-electron chi connectivity index (χ3n) is 2.78. The maximum atomic E-state index is 11.5. The fourth-order valence-corrected chi connectivity index (χ4v) is 2.15. The Hall–Kier alpha value is -0.570. The predicted octanol–water partition coefficient (Wildman–Crippen LogP) is 2.13. The summed E-state index contributed by atoms with van der Waals surface area (Å²) in [6.45, 7) is 5.91. The zero-order valence-electron chi connectivity index (χ0n) is 9.95. The second-order valence-electron chi connectivity index (χ2n) is 5.52. The second-order valence-corrected chi connectivity index (χ2v) is 5.52. The molecule has 0 saturated heterocycles. The van der Waals surface area contributed by atoms with Gasteiger partial charge in [0, 0.05) is 13.0 Å². The molecule has 1 rings (SSSR count). The number of aliphatic hydroxyl groups is 1. The van der Waals surface area contributed by atoms with Gasteiger partial charge in [-0.1, -0.05) is 0 Å². The van der Waals surface area contributed by atoms with Gasteiger partial charge in [0.15, 0.2) is 0 Å². The Morgan fingerprint density at radius 1 is 1.33 bits per heavy atom. The van der Waals surface area contributed by atoms with E-state index in [2.05, 4.69) is 0 Å². The molecule has 2 atom stereocenters. The minimum absolute atomic E-state index is 0.105. The van der Waals surface area contributed by atoms with Gasteiger partial charge in [0.05, 0.1) is 0 Å². The Bertz CT molecular complexity index is 217. The highest BCUT2D eigenvalue weighted by molar-refractivity contribution is 5.70. The van der Waals surface area contributed by atoms with Crippen molar-refractivity contribution in [2.45, 2.75) is 52.1 Å². The molecule has 1 aliphatic carbocycles. The summed E-state index contributed by atoms with van der Waals surface area (Å²) in [5, 5.41) is 8.99. The van der Waals surface area contributed by atoms with Crippen molar-refractivity contribution in [3.8, 4) is 0 Å². The topological polar surface area (TPSA) is 46.5 Å². The van der Waals surface area contributed by atoms with E-state index in [0.717, 1.165) is 19.3 Å². The van der Waals surface area contributed by atoms with Crippen LogP contribution in [0.4, 0.5) is 0 Å². The average molecular weight is 214 g/mol. The fraction of sp³-hybridized carbons (Fsp3) is 0.917. The lowest BCUT2D eigenvalue weighted by atomic mass is 10.0. The van der Waals surface area contributed by atoms with Crippen LogP contribution in [-0.2, 0) is 9.53 Å². The lowest BCUT2D eigenvalue weighted by Crippen LogP contribution is -2.25. The Labute approximate surface area is 91.8 Å². The van der Waals surface area contributed by atoms with Gasteiger partial charge >= 0.3 is 5.97 Å². The van der Waals surface area contributed by atoms with Crippen molar-refractivity contribution in [3.63, 3.8) is 0 Å². The molecule has 0 bridgehead atoms. The quantitative estimate of drug-likeness (QED) is 0.732. The first-order valence-electron chi connectivity index (χ1n) is 5.73. The molecule has 88 valence electrons. The van der Waals surface area contributed by atoms with Gasteiger partial charge in [-0.05, 0) is 51.9 Å². The van der Waals surface area contributed by atoms with E-state index in [4.69, 9.17) is 9.84 Å². The van der Waals surface area contributed by atoms with Gasteiger partial charge in [-0.25, -0.2) is 0 Å². The summed E-state index contributed by atoms with van der Waals surface area (Å²) in [5.74, 6) is 0.709. The first-order chi connectivity index (χ1) is 6.90. The van der Waals surface area contributed by atoms with Crippen molar-refractivity contribution < 1.29 is 14.6 Å². The van der Waals surface area contributed by atoms with Gasteiger partial charge in [-0.3, -0.25) is 4.79 Å². The zero-order chi connectivity index (χ0) is 11.5. The van der Waals surface area contributed by atoms with E-state index in [1.54, 1.807) is 0 Å². The molecule has 3 heteroatoms. The molecule has 0 aliphatic heterocycles. The van der Waals surface area contributed by atoms with Crippen molar-refractivity contribution >= 4 is 5.97 Å². The van der Waals surface area contributed by atoms with Gasteiger partial charge in [-0.15, -0.1) is 0 Å². The second kappa shape index (κ2) is 4.97. The highest BCUT2D eigenvalue weighted by Crippen LogP contribution is 2.33. The third-order valence-corrected chi connectivity index (χ3v) is 2.78. The van der Waals surface area contributed by atoms with E-state index in [9.17, 15) is 4.79 Å². The SMILES string of the molecule is CC(C)(C)OC(=O)C[C@@H]1CCC(CO)C1. The van der Waals surface area contributed by atoms with Crippen LogP contribution in [0.15, 0.2) is 0 Å². The standard InChI is InChI=1S/C12H22O3/c1-12(2,3)15-11(14)7-9-4-5-10(6-9)8-13/h9-10,13H,4-8H2,1-3H3/t9-,10?/m1/s1. The summed E-state index contributed by atoms with van der Waals surface area (Å²) in [4.78, 5) is 11.5. The van der Waals surface area contributed by atoms with Crippen molar-refractivity contribution in [2.24, 2.45) is 11.8 Å². The van der Waals surface area contributed by atoms with E-state index in [1.807, 2.05) is 20.8 Å². The van der Waals surface area contributed by atoms with Crippen molar-refractivity contribution in [1.82, 2.24) is 0 Å². The Morgan fingerprint density at radius 3 is 2.40 bits per heavy atom. The highest BCUT2D eigenvalue weighted by atomic mass is 16.6. The van der Waals surface area contributed by atoms with Crippen LogP contribution in [0.1, 0.15) is 46.5 Å². The summed E-state index contributed by atoms with van der Waals surface area (Å²) in [6, 6.07) is 0. The minimum Gasteiger partial charge on any atom is -0.460 e. The summed E-state index contributed by atoms with van der Waals surface area (Å²) >= 11 is 0. The molecule has 1 saturated carbocycles. The Balaban J connectivity index is 2.28. The molecule has 0 heterocycles. The zero-order valence-corrected chi connectivity index (χ0v) is 9.95. The smallest absolute Gasteiger partial charge is 0.306 e. The molecule has 0 aromatic heterocycles. The minimum atomic E-state index is -0.383. The summed E-state index contributed by atoms with van der Waals surface area (Å²) in [6.07, 6.45) is 3.57. The van der Waals surface area contributed by atoms with Crippen LogP contribution >= 0.6 is 0 Å². The number of hydrogen-bond donors (Lipinski definition) is 1. The molecule has 1 N–H and O–H groups in total. The van der Waals surface area contributed by atoms with Crippen LogP contribution in [0, 0.1) is 11.8 Å². The van der Waals surface area contributed by atoms with Gasteiger partial charge in [0.2, 0.25) is 0 Å². The Kier molecular flexibility index (Phi) is 4.14. The lowest BCUT2D eigenvalue weighted by Gasteiger charge is -2.20.